The molecule has 0 N–H and O–H groups in total. The molecule has 0 aliphatic carbocycles. The largest absolute Gasteiger partial charge is 0.339 e. The van der Waals surface area contributed by atoms with Gasteiger partial charge in [-0.05, 0) is 67.7 Å². The van der Waals surface area contributed by atoms with Gasteiger partial charge in [0.15, 0.2) is 0 Å². The Kier molecular flexibility index (Phi) is 6.78. The molecular formula is C25H30N4O. The SMILES string of the molecule is N#Cc1ccc(CN2CCCN(Cc3ccc(C(=O)N4CCCC4)cc3)CC2)cc1. The third-order valence-electron chi connectivity index (χ3n) is 6.17. The fourth-order valence-electron chi connectivity index (χ4n) is 4.40. The lowest BCUT2D eigenvalue weighted by atomic mass is 10.1. The van der Waals surface area contributed by atoms with Crippen LogP contribution in [0.25, 0.3) is 0 Å². The number of nitriles is 1. The molecule has 0 radical (unpaired) electrons. The second kappa shape index (κ2) is 9.88. The van der Waals surface area contributed by atoms with E-state index in [2.05, 4.69) is 40.1 Å². The fraction of sp³-hybridized carbons (Fsp3) is 0.440. The normalized spacial score (nSPS) is 18.2. The summed E-state index contributed by atoms with van der Waals surface area (Å²) >= 11 is 0. The zero-order valence-electron chi connectivity index (χ0n) is 17.6. The molecule has 5 nitrogen and oxygen atoms in total. The summed E-state index contributed by atoms with van der Waals surface area (Å²) in [7, 11) is 0. The van der Waals surface area contributed by atoms with Crippen LogP contribution in [-0.4, -0.2) is 59.9 Å². The molecule has 0 bridgehead atoms. The number of likely N-dealkylation sites (tertiary alicyclic amines) is 1. The van der Waals surface area contributed by atoms with E-state index in [9.17, 15) is 4.79 Å². The summed E-state index contributed by atoms with van der Waals surface area (Å²) in [5.41, 5.74) is 4.06. The van der Waals surface area contributed by atoms with E-state index in [4.69, 9.17) is 5.26 Å². The van der Waals surface area contributed by atoms with Gasteiger partial charge in [0, 0.05) is 44.8 Å². The van der Waals surface area contributed by atoms with Crippen molar-refractivity contribution in [1.29, 1.82) is 5.26 Å². The van der Waals surface area contributed by atoms with Gasteiger partial charge in [-0.1, -0.05) is 24.3 Å². The van der Waals surface area contributed by atoms with E-state index in [0.29, 0.717) is 5.56 Å². The average Bonchev–Trinajstić information content (AvgIpc) is 3.24. The Labute approximate surface area is 179 Å². The molecule has 2 aromatic rings. The standard InChI is InChI=1S/C25H30N4O/c26-18-21-4-6-22(7-5-21)19-27-12-3-13-28(17-16-27)20-23-8-10-24(11-9-23)25(30)29-14-1-2-15-29/h4-11H,1-3,12-17,19-20H2. The fourth-order valence-corrected chi connectivity index (χ4v) is 4.40. The topological polar surface area (TPSA) is 50.6 Å². The second-order valence-electron chi connectivity index (χ2n) is 8.41. The molecule has 2 aliphatic heterocycles. The van der Waals surface area contributed by atoms with Gasteiger partial charge in [-0.25, -0.2) is 0 Å². The maximum absolute atomic E-state index is 12.5. The van der Waals surface area contributed by atoms with Crippen molar-refractivity contribution in [1.82, 2.24) is 14.7 Å². The van der Waals surface area contributed by atoms with Crippen LogP contribution in [0.3, 0.4) is 0 Å². The summed E-state index contributed by atoms with van der Waals surface area (Å²) in [5, 5.41) is 8.94. The minimum atomic E-state index is 0.173. The molecule has 2 saturated heterocycles. The number of carbonyl (C=O) groups excluding carboxylic acids is 1. The number of amides is 1. The van der Waals surface area contributed by atoms with Crippen LogP contribution < -0.4 is 0 Å². The van der Waals surface area contributed by atoms with Crippen LogP contribution in [0.5, 0.6) is 0 Å². The van der Waals surface area contributed by atoms with E-state index in [1.807, 2.05) is 29.2 Å². The lowest BCUT2D eigenvalue weighted by molar-refractivity contribution is 0.0793. The summed E-state index contributed by atoms with van der Waals surface area (Å²) < 4.78 is 0. The van der Waals surface area contributed by atoms with Crippen molar-refractivity contribution in [2.24, 2.45) is 0 Å². The Balaban J connectivity index is 1.28. The van der Waals surface area contributed by atoms with Gasteiger partial charge in [0.2, 0.25) is 0 Å². The van der Waals surface area contributed by atoms with Crippen LogP contribution in [0.15, 0.2) is 48.5 Å². The molecule has 0 aromatic heterocycles. The number of nitrogens with zero attached hydrogens (tertiary/aromatic N) is 4. The molecule has 156 valence electrons. The highest BCUT2D eigenvalue weighted by Crippen LogP contribution is 2.16. The quantitative estimate of drug-likeness (QED) is 0.768. The minimum Gasteiger partial charge on any atom is -0.339 e. The summed E-state index contributed by atoms with van der Waals surface area (Å²) in [6, 6.07) is 18.3. The molecule has 2 aliphatic rings. The van der Waals surface area contributed by atoms with Crippen molar-refractivity contribution in [2.45, 2.75) is 32.4 Å². The number of hydrogen-bond donors (Lipinski definition) is 0. The van der Waals surface area contributed by atoms with E-state index in [1.54, 1.807) is 0 Å². The van der Waals surface area contributed by atoms with Crippen molar-refractivity contribution in [3.8, 4) is 6.07 Å². The van der Waals surface area contributed by atoms with Gasteiger partial charge in [0.05, 0.1) is 11.6 Å². The van der Waals surface area contributed by atoms with Crippen molar-refractivity contribution in [3.05, 3.63) is 70.8 Å². The third-order valence-corrected chi connectivity index (χ3v) is 6.17. The van der Waals surface area contributed by atoms with Crippen LogP contribution in [0.4, 0.5) is 0 Å². The molecule has 0 atom stereocenters. The molecule has 30 heavy (non-hydrogen) atoms. The van der Waals surface area contributed by atoms with E-state index in [0.717, 1.165) is 77.2 Å². The first-order chi connectivity index (χ1) is 14.7. The van der Waals surface area contributed by atoms with Gasteiger partial charge < -0.3 is 4.90 Å². The zero-order valence-corrected chi connectivity index (χ0v) is 17.6. The first-order valence-electron chi connectivity index (χ1n) is 11.0. The van der Waals surface area contributed by atoms with Gasteiger partial charge in [0.1, 0.15) is 0 Å². The number of carbonyl (C=O) groups is 1. The molecule has 2 heterocycles. The Hall–Kier alpha value is -2.68. The maximum atomic E-state index is 12.5. The molecule has 4 rings (SSSR count). The lowest BCUT2D eigenvalue weighted by Crippen LogP contribution is -2.30. The highest BCUT2D eigenvalue weighted by atomic mass is 16.2. The van der Waals surface area contributed by atoms with Crippen LogP contribution >= 0.6 is 0 Å². The monoisotopic (exact) mass is 402 g/mol. The van der Waals surface area contributed by atoms with E-state index >= 15 is 0 Å². The highest BCUT2D eigenvalue weighted by molar-refractivity contribution is 5.94. The van der Waals surface area contributed by atoms with Crippen LogP contribution in [-0.2, 0) is 13.1 Å². The van der Waals surface area contributed by atoms with Gasteiger partial charge in [-0.3, -0.25) is 14.6 Å². The summed E-state index contributed by atoms with van der Waals surface area (Å²) in [5.74, 6) is 0.173. The molecule has 1 amide bonds. The Morgan fingerprint density at radius 1 is 0.733 bits per heavy atom. The first kappa shape index (κ1) is 20.6. The summed E-state index contributed by atoms with van der Waals surface area (Å²) in [6.07, 6.45) is 3.41. The van der Waals surface area contributed by atoms with E-state index in [-0.39, 0.29) is 5.91 Å². The predicted octanol–water partition coefficient (Wildman–Crippen LogP) is 3.50. The molecule has 5 heteroatoms. The van der Waals surface area contributed by atoms with Crippen molar-refractivity contribution in [3.63, 3.8) is 0 Å². The Morgan fingerprint density at radius 3 is 1.80 bits per heavy atom. The molecule has 2 fully saturated rings. The Bertz CT molecular complexity index is 879. The van der Waals surface area contributed by atoms with Gasteiger partial charge in [-0.2, -0.15) is 5.26 Å². The molecule has 0 spiro atoms. The maximum Gasteiger partial charge on any atom is 0.253 e. The van der Waals surface area contributed by atoms with Crippen LogP contribution in [0.1, 0.15) is 46.3 Å². The zero-order chi connectivity index (χ0) is 20.8. The third kappa shape index (κ3) is 5.27. The minimum absolute atomic E-state index is 0.173. The summed E-state index contributed by atoms with van der Waals surface area (Å²) in [6.45, 7) is 7.95. The average molecular weight is 403 g/mol. The van der Waals surface area contributed by atoms with Crippen LogP contribution in [0, 0.1) is 11.3 Å². The number of benzene rings is 2. The predicted molar refractivity (Wildman–Crippen MR) is 118 cm³/mol. The number of rotatable bonds is 5. The van der Waals surface area contributed by atoms with Gasteiger partial charge in [-0.15, -0.1) is 0 Å². The summed E-state index contributed by atoms with van der Waals surface area (Å²) in [4.78, 5) is 19.5. The lowest BCUT2D eigenvalue weighted by Gasteiger charge is -2.22. The first-order valence-corrected chi connectivity index (χ1v) is 11.0. The van der Waals surface area contributed by atoms with Crippen LogP contribution in [0.2, 0.25) is 0 Å². The number of hydrogen-bond acceptors (Lipinski definition) is 4. The van der Waals surface area contributed by atoms with Crippen molar-refractivity contribution in [2.75, 3.05) is 39.3 Å². The second-order valence-corrected chi connectivity index (χ2v) is 8.41. The molecule has 0 saturated carbocycles. The van der Waals surface area contributed by atoms with Crippen molar-refractivity contribution >= 4 is 5.91 Å². The van der Waals surface area contributed by atoms with Crippen molar-refractivity contribution < 1.29 is 4.79 Å². The van der Waals surface area contributed by atoms with E-state index in [1.165, 1.54) is 11.1 Å². The smallest absolute Gasteiger partial charge is 0.253 e. The molecule has 2 aromatic carbocycles. The highest BCUT2D eigenvalue weighted by Gasteiger charge is 2.20. The van der Waals surface area contributed by atoms with Gasteiger partial charge >= 0.3 is 0 Å². The Morgan fingerprint density at radius 2 is 1.27 bits per heavy atom. The van der Waals surface area contributed by atoms with E-state index < -0.39 is 0 Å². The molecule has 0 unspecified atom stereocenters. The molecular weight excluding hydrogens is 372 g/mol. The van der Waals surface area contributed by atoms with Gasteiger partial charge in [0.25, 0.3) is 5.91 Å².